The monoisotopic (exact) mass is 408 g/mol. The Kier molecular flexibility index (Phi) is 3.92. The summed E-state index contributed by atoms with van der Waals surface area (Å²) in [6, 6.07) is 4.87. The van der Waals surface area contributed by atoms with Gasteiger partial charge in [0.1, 0.15) is 5.82 Å². The van der Waals surface area contributed by atoms with Crippen LogP contribution in [0.15, 0.2) is 22.0 Å². The zero-order valence-corrected chi connectivity index (χ0v) is 15.1. The summed E-state index contributed by atoms with van der Waals surface area (Å²) in [4.78, 5) is 27.2. The Hall–Kier alpha value is -1.73. The molecule has 0 fully saturated rings. The molecule has 24 heavy (non-hydrogen) atoms. The smallest absolute Gasteiger partial charge is 0.257 e. The number of carbonyl (C=O) groups excluding carboxylic acids is 2. The Morgan fingerprint density at radius 2 is 2.04 bits per heavy atom. The van der Waals surface area contributed by atoms with Crippen LogP contribution in [0.3, 0.4) is 0 Å². The molecule has 1 aromatic heterocycles. The van der Waals surface area contributed by atoms with Crippen LogP contribution >= 0.6 is 27.3 Å². The van der Waals surface area contributed by atoms with Crippen LogP contribution in [0.4, 0.5) is 10.1 Å². The van der Waals surface area contributed by atoms with E-state index in [-0.39, 0.29) is 17.4 Å². The molecular weight excluding hydrogens is 395 g/mol. The SMILES string of the molecule is O=C1CCc2cc(C(=O)N3CCc4sc(Br)cc4C3)c(F)cc2N1. The highest BCUT2D eigenvalue weighted by atomic mass is 79.9. The van der Waals surface area contributed by atoms with Gasteiger partial charge < -0.3 is 10.2 Å². The minimum absolute atomic E-state index is 0.0858. The van der Waals surface area contributed by atoms with Crippen molar-refractivity contribution in [2.24, 2.45) is 0 Å². The molecule has 4 nitrogen and oxygen atoms in total. The molecule has 0 saturated heterocycles. The fourth-order valence-electron chi connectivity index (χ4n) is 3.21. The number of thiophene rings is 1. The molecule has 0 aliphatic carbocycles. The highest BCUT2D eigenvalue weighted by Crippen LogP contribution is 2.33. The molecule has 0 saturated carbocycles. The van der Waals surface area contributed by atoms with Crippen molar-refractivity contribution < 1.29 is 14.0 Å². The standard InChI is InChI=1S/C17H14BrFN2O2S/c18-15-6-10-8-21(4-3-14(10)24-15)17(23)11-5-9-1-2-16(22)20-13(9)7-12(11)19/h5-7H,1-4,8H2,(H,20,22). The number of nitrogens with one attached hydrogen (secondary N) is 1. The van der Waals surface area contributed by atoms with Crippen LogP contribution in [0, 0.1) is 5.82 Å². The molecule has 4 rings (SSSR count). The molecule has 1 aromatic carbocycles. The van der Waals surface area contributed by atoms with Crippen molar-refractivity contribution in [3.05, 3.63) is 49.4 Å². The second-order valence-electron chi connectivity index (χ2n) is 6.01. The lowest BCUT2D eigenvalue weighted by Gasteiger charge is -2.28. The summed E-state index contributed by atoms with van der Waals surface area (Å²) in [7, 11) is 0. The Bertz CT molecular complexity index is 865. The Morgan fingerprint density at radius 3 is 2.88 bits per heavy atom. The van der Waals surface area contributed by atoms with Gasteiger partial charge in [-0.15, -0.1) is 11.3 Å². The van der Waals surface area contributed by atoms with Gasteiger partial charge in [0.25, 0.3) is 5.91 Å². The molecular formula is C17H14BrFN2O2S. The van der Waals surface area contributed by atoms with Crippen LogP contribution in [0.5, 0.6) is 0 Å². The quantitative estimate of drug-likeness (QED) is 0.781. The average Bonchev–Trinajstić information content (AvgIpc) is 2.92. The number of hydrogen-bond donors (Lipinski definition) is 1. The third-order valence-corrected chi connectivity index (χ3v) is 6.18. The normalized spacial score (nSPS) is 16.4. The number of nitrogens with zero attached hydrogens (tertiary/aromatic N) is 1. The summed E-state index contributed by atoms with van der Waals surface area (Å²) < 4.78 is 15.5. The van der Waals surface area contributed by atoms with Gasteiger partial charge in [0.2, 0.25) is 5.91 Å². The van der Waals surface area contributed by atoms with Crippen LogP contribution < -0.4 is 5.32 Å². The number of hydrogen-bond acceptors (Lipinski definition) is 3. The van der Waals surface area contributed by atoms with Gasteiger partial charge in [-0.1, -0.05) is 0 Å². The number of anilines is 1. The number of halogens is 2. The summed E-state index contributed by atoms with van der Waals surface area (Å²) in [6.07, 6.45) is 1.69. The first-order valence-electron chi connectivity index (χ1n) is 7.70. The Labute approximate surface area is 150 Å². The molecule has 0 spiro atoms. The van der Waals surface area contributed by atoms with Crippen LogP contribution in [0.1, 0.15) is 32.8 Å². The maximum Gasteiger partial charge on any atom is 0.257 e. The Morgan fingerprint density at radius 1 is 1.21 bits per heavy atom. The maximum atomic E-state index is 14.4. The zero-order chi connectivity index (χ0) is 16.8. The number of benzene rings is 1. The van der Waals surface area contributed by atoms with Crippen LogP contribution in [-0.2, 0) is 24.2 Å². The molecule has 124 valence electrons. The second-order valence-corrected chi connectivity index (χ2v) is 8.53. The van der Waals surface area contributed by atoms with Gasteiger partial charge in [0.15, 0.2) is 0 Å². The van der Waals surface area contributed by atoms with Gasteiger partial charge in [0, 0.05) is 30.1 Å². The fourth-order valence-corrected chi connectivity index (χ4v) is 4.95. The number of fused-ring (bicyclic) bond motifs is 2. The number of aryl methyl sites for hydroxylation is 1. The first-order valence-corrected chi connectivity index (χ1v) is 9.31. The average molecular weight is 409 g/mol. The fraction of sp³-hybridized carbons (Fsp3) is 0.294. The van der Waals surface area contributed by atoms with Crippen molar-refractivity contribution >= 4 is 44.8 Å². The summed E-state index contributed by atoms with van der Waals surface area (Å²) in [5.41, 5.74) is 2.50. The summed E-state index contributed by atoms with van der Waals surface area (Å²) >= 11 is 5.16. The highest BCUT2D eigenvalue weighted by Gasteiger charge is 2.27. The van der Waals surface area contributed by atoms with Crippen molar-refractivity contribution in [2.45, 2.75) is 25.8 Å². The maximum absolute atomic E-state index is 14.4. The molecule has 0 bridgehead atoms. The molecule has 0 unspecified atom stereocenters. The predicted octanol–water partition coefficient (Wildman–Crippen LogP) is 3.73. The van der Waals surface area contributed by atoms with E-state index in [9.17, 15) is 14.0 Å². The van der Waals surface area contributed by atoms with Crippen LogP contribution in [0.25, 0.3) is 0 Å². The lowest BCUT2D eigenvalue weighted by atomic mass is 9.99. The van der Waals surface area contributed by atoms with E-state index >= 15 is 0 Å². The van der Waals surface area contributed by atoms with E-state index in [2.05, 4.69) is 21.2 Å². The molecule has 2 aliphatic heterocycles. The van der Waals surface area contributed by atoms with Crippen molar-refractivity contribution in [1.82, 2.24) is 4.90 Å². The molecule has 2 aromatic rings. The zero-order valence-electron chi connectivity index (χ0n) is 12.7. The predicted molar refractivity (Wildman–Crippen MR) is 93.8 cm³/mol. The molecule has 2 amide bonds. The third kappa shape index (κ3) is 2.75. The molecule has 0 radical (unpaired) electrons. The minimum Gasteiger partial charge on any atom is -0.334 e. The number of amides is 2. The molecule has 1 N–H and O–H groups in total. The lowest BCUT2D eigenvalue weighted by molar-refractivity contribution is -0.116. The third-order valence-electron chi connectivity index (χ3n) is 4.44. The van der Waals surface area contributed by atoms with E-state index in [1.165, 1.54) is 10.9 Å². The first-order chi connectivity index (χ1) is 11.5. The van der Waals surface area contributed by atoms with Gasteiger partial charge in [-0.25, -0.2) is 4.39 Å². The molecule has 7 heteroatoms. The van der Waals surface area contributed by atoms with Gasteiger partial charge in [-0.05, 0) is 58.1 Å². The van der Waals surface area contributed by atoms with E-state index in [0.717, 1.165) is 21.3 Å². The van der Waals surface area contributed by atoms with Gasteiger partial charge in [-0.3, -0.25) is 9.59 Å². The van der Waals surface area contributed by atoms with E-state index in [0.29, 0.717) is 31.6 Å². The summed E-state index contributed by atoms with van der Waals surface area (Å²) in [6.45, 7) is 1.09. The minimum atomic E-state index is -0.585. The molecule has 3 heterocycles. The second kappa shape index (κ2) is 5.97. The van der Waals surface area contributed by atoms with Gasteiger partial charge >= 0.3 is 0 Å². The topological polar surface area (TPSA) is 49.4 Å². The highest BCUT2D eigenvalue weighted by molar-refractivity contribution is 9.11. The lowest BCUT2D eigenvalue weighted by Crippen LogP contribution is -2.36. The van der Waals surface area contributed by atoms with E-state index in [1.54, 1.807) is 22.3 Å². The van der Waals surface area contributed by atoms with Crippen molar-refractivity contribution in [1.29, 1.82) is 0 Å². The summed E-state index contributed by atoms with van der Waals surface area (Å²) in [5, 5.41) is 2.65. The van der Waals surface area contributed by atoms with Gasteiger partial charge in [0.05, 0.1) is 9.35 Å². The first kappa shape index (κ1) is 15.8. The van der Waals surface area contributed by atoms with Gasteiger partial charge in [-0.2, -0.15) is 0 Å². The van der Waals surface area contributed by atoms with Crippen molar-refractivity contribution in [3.63, 3.8) is 0 Å². The molecule has 0 atom stereocenters. The molecule has 2 aliphatic rings. The largest absolute Gasteiger partial charge is 0.334 e. The van der Waals surface area contributed by atoms with Crippen LogP contribution in [-0.4, -0.2) is 23.3 Å². The number of carbonyl (C=O) groups is 2. The van der Waals surface area contributed by atoms with E-state index < -0.39 is 5.82 Å². The van der Waals surface area contributed by atoms with Crippen LogP contribution in [0.2, 0.25) is 0 Å². The van der Waals surface area contributed by atoms with Crippen molar-refractivity contribution in [3.8, 4) is 0 Å². The Balaban J connectivity index is 1.62. The van der Waals surface area contributed by atoms with E-state index in [4.69, 9.17) is 0 Å². The van der Waals surface area contributed by atoms with Crippen molar-refractivity contribution in [2.75, 3.05) is 11.9 Å². The number of rotatable bonds is 1. The summed E-state index contributed by atoms with van der Waals surface area (Å²) in [5.74, 6) is -0.994. The van der Waals surface area contributed by atoms with E-state index in [1.807, 2.05) is 6.07 Å².